The van der Waals surface area contributed by atoms with Crippen LogP contribution in [0.3, 0.4) is 0 Å². The zero-order valence-corrected chi connectivity index (χ0v) is 26.8. The van der Waals surface area contributed by atoms with Crippen molar-refractivity contribution < 1.29 is 24.0 Å². The van der Waals surface area contributed by atoms with E-state index < -0.39 is 34.2 Å². The second-order valence-corrected chi connectivity index (χ2v) is 13.4. The normalized spacial score (nSPS) is 23.3. The van der Waals surface area contributed by atoms with Gasteiger partial charge in [0, 0.05) is 46.4 Å². The molecule has 1 N–H and O–H groups in total. The topological polar surface area (TPSA) is 111 Å². The number of hydrogen-bond donors (Lipinski definition) is 1. The molecule has 2 fully saturated rings. The smallest absolute Gasteiger partial charge is 0.336 e. The molecule has 3 unspecified atom stereocenters. The molecular weight excluding hydrogens is 605 g/mol. The summed E-state index contributed by atoms with van der Waals surface area (Å²) in [6.45, 7) is 5.25. The minimum atomic E-state index is -1.28. The largest absolute Gasteiger partial charge is 0.465 e. The molecule has 0 radical (unpaired) electrons. The van der Waals surface area contributed by atoms with Crippen molar-refractivity contribution in [3.05, 3.63) is 85.0 Å². The molecule has 0 saturated heterocycles. The molecule has 3 aliphatic rings. The Bertz CT molecular complexity index is 1460. The van der Waals surface area contributed by atoms with Crippen LogP contribution >= 0.6 is 23.2 Å². The third kappa shape index (κ3) is 7.22. The summed E-state index contributed by atoms with van der Waals surface area (Å²) in [6.07, 6.45) is 4.33. The van der Waals surface area contributed by atoms with Crippen molar-refractivity contribution in [3.63, 3.8) is 0 Å². The third-order valence-electron chi connectivity index (χ3n) is 9.08. The Kier molecular flexibility index (Phi) is 9.87. The molecule has 2 saturated carbocycles. The van der Waals surface area contributed by atoms with Crippen LogP contribution in [0, 0.1) is 27.4 Å². The number of carbonyl (C=O) groups is 2. The second kappa shape index (κ2) is 13.5. The molecular formula is C33H39Cl2N3O6. The summed E-state index contributed by atoms with van der Waals surface area (Å²) >= 11 is 12.6. The summed E-state index contributed by atoms with van der Waals surface area (Å²) in [5.74, 6) is -1.13. The third-order valence-corrected chi connectivity index (χ3v) is 9.67. The van der Waals surface area contributed by atoms with Gasteiger partial charge in [-0.25, -0.2) is 4.79 Å². The van der Waals surface area contributed by atoms with E-state index in [1.807, 2.05) is 20.0 Å². The number of benzene rings is 2. The molecule has 0 bridgehead atoms. The van der Waals surface area contributed by atoms with Gasteiger partial charge in [0.15, 0.2) is 0 Å². The number of rotatable bonds is 13. The van der Waals surface area contributed by atoms with E-state index in [0.717, 1.165) is 31.2 Å². The lowest BCUT2D eigenvalue weighted by Gasteiger charge is -2.48. The first kappa shape index (κ1) is 32.3. The Morgan fingerprint density at radius 1 is 1.07 bits per heavy atom. The first-order valence-corrected chi connectivity index (χ1v) is 15.9. The molecule has 2 aromatic carbocycles. The van der Waals surface area contributed by atoms with Crippen LogP contribution in [0.25, 0.3) is 0 Å². The zero-order chi connectivity index (χ0) is 31.6. The molecule has 1 heterocycles. The number of allylic oxidation sites excluding steroid dienone is 1. The maximum absolute atomic E-state index is 14.5. The number of nitro groups is 1. The van der Waals surface area contributed by atoms with Gasteiger partial charge >= 0.3 is 11.9 Å². The maximum Gasteiger partial charge on any atom is 0.336 e. The van der Waals surface area contributed by atoms with Crippen LogP contribution in [0.2, 0.25) is 10.0 Å². The van der Waals surface area contributed by atoms with Crippen molar-refractivity contribution in [2.75, 3.05) is 26.8 Å². The zero-order valence-electron chi connectivity index (χ0n) is 25.3. The number of carbonyl (C=O) groups excluding carboxylic acids is 2. The van der Waals surface area contributed by atoms with Gasteiger partial charge in [0.25, 0.3) is 5.69 Å². The van der Waals surface area contributed by atoms with Gasteiger partial charge in [-0.2, -0.15) is 0 Å². The van der Waals surface area contributed by atoms with E-state index in [-0.39, 0.29) is 5.69 Å². The summed E-state index contributed by atoms with van der Waals surface area (Å²) < 4.78 is 11.8. The highest BCUT2D eigenvalue weighted by molar-refractivity contribution is 6.35. The molecule has 0 aromatic heterocycles. The van der Waals surface area contributed by atoms with Gasteiger partial charge in [-0.3, -0.25) is 14.9 Å². The van der Waals surface area contributed by atoms with Crippen LogP contribution in [0.4, 0.5) is 5.69 Å². The molecule has 0 amide bonds. The average Bonchev–Trinajstić information content (AvgIpc) is 3.91. The van der Waals surface area contributed by atoms with Crippen LogP contribution in [0.5, 0.6) is 0 Å². The second-order valence-electron chi connectivity index (χ2n) is 12.5. The van der Waals surface area contributed by atoms with Crippen molar-refractivity contribution >= 4 is 40.8 Å². The van der Waals surface area contributed by atoms with Crippen molar-refractivity contribution in [1.82, 2.24) is 10.2 Å². The fourth-order valence-corrected chi connectivity index (χ4v) is 6.60. The highest BCUT2D eigenvalue weighted by Crippen LogP contribution is 2.52. The molecule has 2 aromatic rings. The van der Waals surface area contributed by atoms with Gasteiger partial charge in [0.1, 0.15) is 5.41 Å². The summed E-state index contributed by atoms with van der Waals surface area (Å²) in [5.41, 5.74) is 0.867. The lowest BCUT2D eigenvalue weighted by atomic mass is 9.60. The van der Waals surface area contributed by atoms with Crippen LogP contribution in [-0.2, 0) is 25.6 Å². The summed E-state index contributed by atoms with van der Waals surface area (Å²) in [4.78, 5) is 41.7. The van der Waals surface area contributed by atoms with Crippen LogP contribution < -0.4 is 5.32 Å². The summed E-state index contributed by atoms with van der Waals surface area (Å²) in [6, 6.07) is 11.1. The number of esters is 2. The molecule has 1 aliphatic heterocycles. The van der Waals surface area contributed by atoms with Crippen LogP contribution in [0.15, 0.2) is 53.7 Å². The highest BCUT2D eigenvalue weighted by atomic mass is 35.5. The van der Waals surface area contributed by atoms with Crippen molar-refractivity contribution in [3.8, 4) is 0 Å². The number of nitrogens with one attached hydrogen (secondary N) is 1. The minimum Gasteiger partial charge on any atom is -0.465 e. The highest BCUT2D eigenvalue weighted by Gasteiger charge is 2.57. The van der Waals surface area contributed by atoms with E-state index in [9.17, 15) is 19.7 Å². The number of nitro benzene ring substituents is 1. The molecule has 9 nitrogen and oxygen atoms in total. The standard InChI is InChI=1S/C33H39Cl2N3O6/c1-20-29(31(39)43-18-22-7-8-22)30(24-5-4-6-27(15-24)38(41)42)33(21(2)36-20,32(40)44-19-23-9-10-23)13-14-37(3)17-25-11-12-26(34)16-28(25)35/h4-6,11-12,15-16,21-23,30,36H,7-10,13-14,17-19H2,1-3H3. The number of non-ortho nitro benzene ring substituents is 1. The van der Waals surface area contributed by atoms with E-state index in [1.165, 1.54) is 12.1 Å². The van der Waals surface area contributed by atoms with Gasteiger partial charge < -0.3 is 19.7 Å². The van der Waals surface area contributed by atoms with Crippen LogP contribution in [0.1, 0.15) is 63.0 Å². The van der Waals surface area contributed by atoms with Crippen LogP contribution in [-0.4, -0.2) is 54.6 Å². The Labute approximate surface area is 268 Å². The molecule has 3 atom stereocenters. The Balaban J connectivity index is 1.56. The maximum atomic E-state index is 14.5. The molecule has 11 heteroatoms. The van der Waals surface area contributed by atoms with Gasteiger partial charge in [0.2, 0.25) is 0 Å². The van der Waals surface area contributed by atoms with Gasteiger partial charge in [-0.1, -0.05) is 41.4 Å². The summed E-state index contributed by atoms with van der Waals surface area (Å²) in [5, 5.41) is 16.3. The average molecular weight is 645 g/mol. The van der Waals surface area contributed by atoms with Gasteiger partial charge in [0.05, 0.1) is 23.7 Å². The SMILES string of the molecule is CC1=C(C(=O)OCC2CC2)C(c2cccc([N+](=O)[O-])c2)C(CCN(C)Cc2ccc(Cl)cc2Cl)(C(=O)OCC2CC2)C(C)N1. The van der Waals surface area contributed by atoms with Gasteiger partial charge in [-0.05, 0) is 94.6 Å². The van der Waals surface area contributed by atoms with Crippen molar-refractivity contribution in [2.45, 2.75) is 64.5 Å². The van der Waals surface area contributed by atoms with Crippen molar-refractivity contribution in [2.24, 2.45) is 17.3 Å². The minimum absolute atomic E-state index is 0.119. The Morgan fingerprint density at radius 3 is 2.39 bits per heavy atom. The Morgan fingerprint density at radius 2 is 1.75 bits per heavy atom. The molecule has 2 aliphatic carbocycles. The number of nitrogens with zero attached hydrogens (tertiary/aromatic N) is 2. The predicted octanol–water partition coefficient (Wildman–Crippen LogP) is 6.67. The molecule has 236 valence electrons. The molecule has 5 rings (SSSR count). The first-order valence-electron chi connectivity index (χ1n) is 15.2. The quantitative estimate of drug-likeness (QED) is 0.146. The lowest BCUT2D eigenvalue weighted by Crippen LogP contribution is -2.58. The summed E-state index contributed by atoms with van der Waals surface area (Å²) in [7, 11) is 1.93. The van der Waals surface area contributed by atoms with Gasteiger partial charge in [-0.15, -0.1) is 0 Å². The predicted molar refractivity (Wildman–Crippen MR) is 168 cm³/mol. The molecule has 44 heavy (non-hydrogen) atoms. The van der Waals surface area contributed by atoms with E-state index >= 15 is 0 Å². The van der Waals surface area contributed by atoms with E-state index in [1.54, 1.807) is 31.2 Å². The van der Waals surface area contributed by atoms with Crippen molar-refractivity contribution in [1.29, 1.82) is 0 Å². The fourth-order valence-electron chi connectivity index (χ4n) is 6.13. The Hall–Kier alpha value is -3.14. The lowest BCUT2D eigenvalue weighted by molar-refractivity contribution is -0.384. The first-order chi connectivity index (χ1) is 21.0. The fraction of sp³-hybridized carbons (Fsp3) is 0.515. The number of hydrogen-bond acceptors (Lipinski definition) is 8. The van der Waals surface area contributed by atoms with E-state index in [4.69, 9.17) is 32.7 Å². The monoisotopic (exact) mass is 643 g/mol. The number of ether oxygens (including phenoxy) is 2. The number of halogens is 2. The van der Waals surface area contributed by atoms with E-state index in [0.29, 0.717) is 71.4 Å². The molecule has 0 spiro atoms. The van der Waals surface area contributed by atoms with E-state index in [2.05, 4.69) is 10.2 Å².